The largest absolute Gasteiger partial charge is 0.375 e. The highest BCUT2D eigenvalue weighted by atomic mass is 79.9. The van der Waals surface area contributed by atoms with E-state index in [1.54, 1.807) is 17.0 Å². The summed E-state index contributed by atoms with van der Waals surface area (Å²) in [5.74, 6) is -0.0311. The second kappa shape index (κ2) is 4.93. The fourth-order valence-electron chi connectivity index (χ4n) is 1.69. The van der Waals surface area contributed by atoms with E-state index >= 15 is 0 Å². The number of aromatic nitrogens is 1. The molecule has 1 unspecified atom stereocenters. The first kappa shape index (κ1) is 11.5. The number of ether oxygens (including phenoxy) is 1. The Labute approximate surface area is 103 Å². The number of morpholine rings is 1. The van der Waals surface area contributed by atoms with Gasteiger partial charge in [-0.3, -0.25) is 4.79 Å². The number of halogens is 1. The summed E-state index contributed by atoms with van der Waals surface area (Å²) in [6.07, 6.45) is 0.102. The maximum absolute atomic E-state index is 12.1. The minimum Gasteiger partial charge on any atom is -0.375 e. The summed E-state index contributed by atoms with van der Waals surface area (Å²) < 4.78 is 6.07. The lowest BCUT2D eigenvalue weighted by molar-refractivity contribution is -0.0126. The Morgan fingerprint density at radius 1 is 1.62 bits per heavy atom. The van der Waals surface area contributed by atoms with E-state index in [1.807, 2.05) is 13.0 Å². The Hall–Kier alpha value is -0.940. The summed E-state index contributed by atoms with van der Waals surface area (Å²) in [6, 6.07) is 5.35. The van der Waals surface area contributed by atoms with Crippen molar-refractivity contribution in [2.75, 3.05) is 19.7 Å². The number of nitrogens with zero attached hydrogens (tertiary/aromatic N) is 2. The minimum atomic E-state index is -0.0311. The normalized spacial score (nSPS) is 20.9. The molecule has 0 N–H and O–H groups in total. The molecule has 1 fully saturated rings. The van der Waals surface area contributed by atoms with Crippen molar-refractivity contribution in [2.45, 2.75) is 13.0 Å². The van der Waals surface area contributed by atoms with Crippen LogP contribution >= 0.6 is 15.9 Å². The average Bonchev–Trinajstić information content (AvgIpc) is 2.28. The van der Waals surface area contributed by atoms with E-state index in [0.717, 1.165) is 0 Å². The topological polar surface area (TPSA) is 42.4 Å². The zero-order valence-corrected chi connectivity index (χ0v) is 10.6. The molecular formula is C11H13BrN2O2. The van der Waals surface area contributed by atoms with Crippen molar-refractivity contribution >= 4 is 21.8 Å². The summed E-state index contributed by atoms with van der Waals surface area (Å²) in [5.41, 5.74) is 0.475. The SMILES string of the molecule is CC1CN(C(=O)c2cccc(Br)n2)CCO1. The number of rotatable bonds is 1. The smallest absolute Gasteiger partial charge is 0.272 e. The van der Waals surface area contributed by atoms with E-state index in [1.165, 1.54) is 0 Å². The van der Waals surface area contributed by atoms with Crippen molar-refractivity contribution < 1.29 is 9.53 Å². The summed E-state index contributed by atoms with van der Waals surface area (Å²) in [5, 5.41) is 0. The minimum absolute atomic E-state index is 0.0311. The number of pyridine rings is 1. The van der Waals surface area contributed by atoms with Gasteiger partial charge in [0.1, 0.15) is 10.3 Å². The maximum atomic E-state index is 12.1. The number of hydrogen-bond acceptors (Lipinski definition) is 3. The van der Waals surface area contributed by atoms with Crippen LogP contribution in [-0.4, -0.2) is 41.6 Å². The van der Waals surface area contributed by atoms with Crippen molar-refractivity contribution in [3.05, 3.63) is 28.5 Å². The summed E-state index contributed by atoms with van der Waals surface area (Å²) in [6.45, 7) is 3.83. The molecule has 0 spiro atoms. The molecule has 0 bridgehead atoms. The molecule has 1 aliphatic rings. The van der Waals surface area contributed by atoms with E-state index in [-0.39, 0.29) is 12.0 Å². The van der Waals surface area contributed by atoms with Crippen LogP contribution in [0, 0.1) is 0 Å². The maximum Gasteiger partial charge on any atom is 0.272 e. The molecular weight excluding hydrogens is 272 g/mol. The predicted molar refractivity (Wildman–Crippen MR) is 63.3 cm³/mol. The van der Waals surface area contributed by atoms with Crippen LogP contribution in [0.25, 0.3) is 0 Å². The molecule has 5 heteroatoms. The van der Waals surface area contributed by atoms with Gasteiger partial charge in [-0.2, -0.15) is 0 Å². The number of amides is 1. The third-order valence-electron chi connectivity index (χ3n) is 2.46. The number of hydrogen-bond donors (Lipinski definition) is 0. The van der Waals surface area contributed by atoms with Crippen LogP contribution in [0.3, 0.4) is 0 Å². The first-order valence-corrected chi connectivity index (χ1v) is 5.99. The second-order valence-corrected chi connectivity index (χ2v) is 4.59. The zero-order chi connectivity index (χ0) is 11.5. The average molecular weight is 285 g/mol. The summed E-state index contributed by atoms with van der Waals surface area (Å²) >= 11 is 3.26. The molecule has 2 heterocycles. The molecule has 1 aliphatic heterocycles. The van der Waals surface area contributed by atoms with Crippen molar-refractivity contribution in [1.82, 2.24) is 9.88 Å². The lowest BCUT2D eigenvalue weighted by atomic mass is 10.2. The summed E-state index contributed by atoms with van der Waals surface area (Å²) in [4.78, 5) is 18.0. The van der Waals surface area contributed by atoms with Crippen molar-refractivity contribution in [1.29, 1.82) is 0 Å². The molecule has 86 valence electrons. The molecule has 2 rings (SSSR count). The molecule has 0 aliphatic carbocycles. The van der Waals surface area contributed by atoms with E-state index in [9.17, 15) is 4.79 Å². The quantitative estimate of drug-likeness (QED) is 0.738. The lowest BCUT2D eigenvalue weighted by Gasteiger charge is -2.30. The van der Waals surface area contributed by atoms with Crippen LogP contribution in [0.4, 0.5) is 0 Å². The van der Waals surface area contributed by atoms with Gasteiger partial charge in [-0.15, -0.1) is 0 Å². The standard InChI is InChI=1S/C11H13BrN2O2/c1-8-7-14(5-6-16-8)11(15)9-3-2-4-10(12)13-9/h2-4,8H,5-7H2,1H3. The van der Waals surface area contributed by atoms with E-state index in [2.05, 4.69) is 20.9 Å². The van der Waals surface area contributed by atoms with Gasteiger partial charge in [-0.05, 0) is 35.0 Å². The van der Waals surface area contributed by atoms with Gasteiger partial charge in [0.05, 0.1) is 12.7 Å². The van der Waals surface area contributed by atoms with E-state index in [0.29, 0.717) is 30.0 Å². The van der Waals surface area contributed by atoms with Gasteiger partial charge >= 0.3 is 0 Å². The Morgan fingerprint density at radius 3 is 3.12 bits per heavy atom. The molecule has 16 heavy (non-hydrogen) atoms. The van der Waals surface area contributed by atoms with Gasteiger partial charge < -0.3 is 9.64 Å². The molecule has 1 atom stereocenters. The molecule has 1 amide bonds. The predicted octanol–water partition coefficient (Wildman–Crippen LogP) is 1.71. The molecule has 0 radical (unpaired) electrons. The van der Waals surface area contributed by atoms with Crippen molar-refractivity contribution in [2.24, 2.45) is 0 Å². The molecule has 1 aromatic rings. The monoisotopic (exact) mass is 284 g/mol. The highest BCUT2D eigenvalue weighted by Crippen LogP contribution is 2.11. The van der Waals surface area contributed by atoms with Crippen LogP contribution in [0.5, 0.6) is 0 Å². The van der Waals surface area contributed by atoms with E-state index < -0.39 is 0 Å². The van der Waals surface area contributed by atoms with Crippen molar-refractivity contribution in [3.63, 3.8) is 0 Å². The summed E-state index contributed by atoms with van der Waals surface area (Å²) in [7, 11) is 0. The second-order valence-electron chi connectivity index (χ2n) is 3.78. The first-order chi connectivity index (χ1) is 7.66. The van der Waals surface area contributed by atoms with E-state index in [4.69, 9.17) is 4.74 Å². The zero-order valence-electron chi connectivity index (χ0n) is 9.02. The Balaban J connectivity index is 2.12. The highest BCUT2D eigenvalue weighted by Gasteiger charge is 2.23. The van der Waals surface area contributed by atoms with Gasteiger partial charge in [0, 0.05) is 13.1 Å². The van der Waals surface area contributed by atoms with Crippen LogP contribution in [0.2, 0.25) is 0 Å². The third kappa shape index (κ3) is 2.59. The highest BCUT2D eigenvalue weighted by molar-refractivity contribution is 9.10. The molecule has 4 nitrogen and oxygen atoms in total. The van der Waals surface area contributed by atoms with Gasteiger partial charge in [0.15, 0.2) is 0 Å². The molecule has 0 aromatic carbocycles. The fraction of sp³-hybridized carbons (Fsp3) is 0.455. The molecule has 1 saturated heterocycles. The number of carbonyl (C=O) groups excluding carboxylic acids is 1. The van der Waals surface area contributed by atoms with Gasteiger partial charge in [0.25, 0.3) is 5.91 Å². The third-order valence-corrected chi connectivity index (χ3v) is 2.90. The Morgan fingerprint density at radius 2 is 2.44 bits per heavy atom. The fourth-order valence-corrected chi connectivity index (χ4v) is 2.04. The van der Waals surface area contributed by atoms with Gasteiger partial charge in [-0.25, -0.2) is 4.98 Å². The number of carbonyl (C=O) groups is 1. The van der Waals surface area contributed by atoms with Crippen LogP contribution in [0.1, 0.15) is 17.4 Å². The van der Waals surface area contributed by atoms with Crippen molar-refractivity contribution in [3.8, 4) is 0 Å². The Kier molecular flexibility index (Phi) is 3.56. The first-order valence-electron chi connectivity index (χ1n) is 5.20. The molecule has 1 aromatic heterocycles. The Bertz CT molecular complexity index is 397. The lowest BCUT2D eigenvalue weighted by Crippen LogP contribution is -2.44. The van der Waals surface area contributed by atoms with Gasteiger partial charge in [0.2, 0.25) is 0 Å². The van der Waals surface area contributed by atoms with Crippen LogP contribution < -0.4 is 0 Å². The van der Waals surface area contributed by atoms with Crippen LogP contribution in [-0.2, 0) is 4.74 Å². The molecule has 0 saturated carbocycles. The van der Waals surface area contributed by atoms with Crippen LogP contribution in [0.15, 0.2) is 22.8 Å². The van der Waals surface area contributed by atoms with Gasteiger partial charge in [-0.1, -0.05) is 6.07 Å².